The van der Waals surface area contributed by atoms with Crippen LogP contribution in [-0.2, 0) is 5.33 Å². The fourth-order valence-corrected chi connectivity index (χ4v) is 3.53. The summed E-state index contributed by atoms with van der Waals surface area (Å²) in [5.74, 6) is 0. The highest BCUT2D eigenvalue weighted by molar-refractivity contribution is 9.08. The number of rotatable bonds is 1. The zero-order valence-electron chi connectivity index (χ0n) is 8.74. The zero-order valence-corrected chi connectivity index (χ0v) is 11.9. The number of aromatic nitrogens is 4. The maximum Gasteiger partial charge on any atom is 0.150 e. The Bertz CT molecular complexity index is 727. The first-order chi connectivity index (χ1) is 8.22. The SMILES string of the molecule is Cc1c(CBr)nnc2sc3c(Cl)ncnc3c12. The van der Waals surface area contributed by atoms with Crippen molar-refractivity contribution in [3.8, 4) is 0 Å². The number of hydrogen-bond donors (Lipinski definition) is 0. The Morgan fingerprint density at radius 1 is 1.35 bits per heavy atom. The van der Waals surface area contributed by atoms with Crippen molar-refractivity contribution in [1.82, 2.24) is 20.2 Å². The minimum Gasteiger partial charge on any atom is -0.235 e. The lowest BCUT2D eigenvalue weighted by molar-refractivity contribution is 1.00. The number of hydrogen-bond acceptors (Lipinski definition) is 5. The molecular formula is C10H6BrClN4S. The molecular weight excluding hydrogens is 324 g/mol. The van der Waals surface area contributed by atoms with E-state index in [9.17, 15) is 0 Å². The van der Waals surface area contributed by atoms with Crippen molar-refractivity contribution in [2.75, 3.05) is 0 Å². The largest absolute Gasteiger partial charge is 0.235 e. The Morgan fingerprint density at radius 3 is 2.94 bits per heavy atom. The normalized spacial score (nSPS) is 11.5. The molecule has 0 radical (unpaired) electrons. The maximum atomic E-state index is 6.06. The third-order valence-electron chi connectivity index (χ3n) is 2.61. The summed E-state index contributed by atoms with van der Waals surface area (Å²) in [5, 5.41) is 10.6. The van der Waals surface area contributed by atoms with E-state index in [1.165, 1.54) is 17.7 Å². The van der Waals surface area contributed by atoms with Crippen molar-refractivity contribution in [2.24, 2.45) is 0 Å². The Hall–Kier alpha value is -0.850. The first-order valence-corrected chi connectivity index (χ1v) is 7.14. The van der Waals surface area contributed by atoms with Gasteiger partial charge in [0.05, 0.1) is 15.9 Å². The molecule has 7 heteroatoms. The zero-order chi connectivity index (χ0) is 12.0. The molecule has 0 atom stereocenters. The number of aryl methyl sites for hydroxylation is 1. The Labute approximate surface area is 114 Å². The van der Waals surface area contributed by atoms with Crippen LogP contribution in [0.25, 0.3) is 20.4 Å². The molecule has 0 unspecified atom stereocenters. The summed E-state index contributed by atoms with van der Waals surface area (Å²) >= 11 is 10.9. The molecule has 3 rings (SSSR count). The van der Waals surface area contributed by atoms with Crippen LogP contribution in [0.3, 0.4) is 0 Å². The molecule has 0 aliphatic rings. The van der Waals surface area contributed by atoms with Crippen LogP contribution in [0.2, 0.25) is 5.15 Å². The van der Waals surface area contributed by atoms with Crippen molar-refractivity contribution in [1.29, 1.82) is 0 Å². The third kappa shape index (κ3) is 1.63. The van der Waals surface area contributed by atoms with Crippen LogP contribution in [0.1, 0.15) is 11.3 Å². The van der Waals surface area contributed by atoms with E-state index in [0.717, 1.165) is 31.7 Å². The summed E-state index contributed by atoms with van der Waals surface area (Å²) in [6.45, 7) is 2.02. The van der Waals surface area contributed by atoms with E-state index in [-0.39, 0.29) is 0 Å². The molecule has 0 aliphatic heterocycles. The minimum atomic E-state index is 0.470. The van der Waals surface area contributed by atoms with Gasteiger partial charge in [-0.15, -0.1) is 16.4 Å². The van der Waals surface area contributed by atoms with E-state index in [1.54, 1.807) is 0 Å². The first-order valence-electron chi connectivity index (χ1n) is 4.83. The molecule has 3 heterocycles. The minimum absolute atomic E-state index is 0.470. The van der Waals surface area contributed by atoms with Crippen molar-refractivity contribution in [3.63, 3.8) is 0 Å². The average molecular weight is 330 g/mol. The van der Waals surface area contributed by atoms with Gasteiger partial charge in [0.25, 0.3) is 0 Å². The molecule has 86 valence electrons. The number of halogens is 2. The lowest BCUT2D eigenvalue weighted by Gasteiger charge is -2.00. The standard InChI is InChI=1S/C10H6BrClN4S/c1-4-5(2-11)15-16-10-6(4)7-8(17-10)9(12)14-3-13-7/h3H,2H2,1H3. The highest BCUT2D eigenvalue weighted by Gasteiger charge is 2.15. The van der Waals surface area contributed by atoms with Gasteiger partial charge in [-0.1, -0.05) is 27.5 Å². The summed E-state index contributed by atoms with van der Waals surface area (Å²) < 4.78 is 0.869. The van der Waals surface area contributed by atoms with E-state index >= 15 is 0 Å². The van der Waals surface area contributed by atoms with Gasteiger partial charge in [0.1, 0.15) is 16.3 Å². The van der Waals surface area contributed by atoms with Gasteiger partial charge in [-0.25, -0.2) is 9.97 Å². The topological polar surface area (TPSA) is 51.6 Å². The molecule has 4 nitrogen and oxygen atoms in total. The first kappa shape index (κ1) is 11.3. The van der Waals surface area contributed by atoms with Crippen LogP contribution >= 0.6 is 38.9 Å². The second-order valence-electron chi connectivity index (χ2n) is 3.53. The Kier molecular flexibility index (Phi) is 2.72. The Morgan fingerprint density at radius 2 is 2.18 bits per heavy atom. The average Bonchev–Trinajstić information content (AvgIpc) is 2.70. The fourth-order valence-electron chi connectivity index (χ4n) is 1.73. The van der Waals surface area contributed by atoms with Crippen LogP contribution in [0.15, 0.2) is 6.33 Å². The molecule has 0 amide bonds. The summed E-state index contributed by atoms with van der Waals surface area (Å²) in [4.78, 5) is 9.13. The van der Waals surface area contributed by atoms with Gasteiger partial charge in [0, 0.05) is 10.7 Å². The van der Waals surface area contributed by atoms with Crippen LogP contribution in [0.4, 0.5) is 0 Å². The van der Waals surface area contributed by atoms with E-state index in [1.807, 2.05) is 6.92 Å². The molecule has 0 spiro atoms. The van der Waals surface area contributed by atoms with Crippen molar-refractivity contribution in [2.45, 2.75) is 12.3 Å². The fraction of sp³-hybridized carbons (Fsp3) is 0.200. The summed E-state index contributed by atoms with van der Waals surface area (Å²) in [5.41, 5.74) is 2.87. The molecule has 0 bridgehead atoms. The van der Waals surface area contributed by atoms with Crippen LogP contribution < -0.4 is 0 Å². The lowest BCUT2D eigenvalue weighted by Crippen LogP contribution is -1.94. The van der Waals surface area contributed by atoms with Gasteiger partial charge in [-0.3, -0.25) is 0 Å². The Balaban J connectivity index is 2.54. The monoisotopic (exact) mass is 328 g/mol. The molecule has 0 saturated carbocycles. The number of alkyl halides is 1. The van der Waals surface area contributed by atoms with Gasteiger partial charge in [0.2, 0.25) is 0 Å². The second-order valence-corrected chi connectivity index (χ2v) is 5.45. The second kappa shape index (κ2) is 4.12. The number of nitrogens with zero attached hydrogens (tertiary/aromatic N) is 4. The number of fused-ring (bicyclic) bond motifs is 3. The molecule has 3 aromatic rings. The van der Waals surface area contributed by atoms with E-state index in [2.05, 4.69) is 36.1 Å². The molecule has 3 aromatic heterocycles. The summed E-state index contributed by atoms with van der Waals surface area (Å²) in [6.07, 6.45) is 1.48. The van der Waals surface area contributed by atoms with Crippen LogP contribution in [-0.4, -0.2) is 20.2 Å². The van der Waals surface area contributed by atoms with Gasteiger partial charge in [-0.05, 0) is 12.5 Å². The van der Waals surface area contributed by atoms with Crippen molar-refractivity contribution < 1.29 is 0 Å². The quantitative estimate of drug-likeness (QED) is 0.506. The molecule has 0 aromatic carbocycles. The van der Waals surface area contributed by atoms with Crippen molar-refractivity contribution in [3.05, 3.63) is 22.7 Å². The van der Waals surface area contributed by atoms with E-state index in [4.69, 9.17) is 11.6 Å². The third-order valence-corrected chi connectivity index (χ3v) is 4.61. The van der Waals surface area contributed by atoms with Crippen LogP contribution in [0, 0.1) is 6.92 Å². The molecule has 0 saturated heterocycles. The van der Waals surface area contributed by atoms with Gasteiger partial charge in [-0.2, -0.15) is 5.10 Å². The molecule has 0 N–H and O–H groups in total. The molecule has 0 aliphatic carbocycles. The smallest absolute Gasteiger partial charge is 0.150 e. The predicted octanol–water partition coefficient (Wildman–Crippen LogP) is 3.49. The molecule has 0 fully saturated rings. The summed E-state index contributed by atoms with van der Waals surface area (Å²) in [7, 11) is 0. The molecule has 17 heavy (non-hydrogen) atoms. The van der Waals surface area contributed by atoms with Gasteiger partial charge < -0.3 is 0 Å². The lowest BCUT2D eigenvalue weighted by atomic mass is 10.1. The van der Waals surface area contributed by atoms with E-state index < -0.39 is 0 Å². The van der Waals surface area contributed by atoms with Crippen molar-refractivity contribution >= 4 is 59.3 Å². The highest BCUT2D eigenvalue weighted by Crippen LogP contribution is 2.36. The van der Waals surface area contributed by atoms with Crippen LogP contribution in [0.5, 0.6) is 0 Å². The van der Waals surface area contributed by atoms with Gasteiger partial charge in [0.15, 0.2) is 0 Å². The summed E-state index contributed by atoms with van der Waals surface area (Å²) in [6, 6.07) is 0. The highest BCUT2D eigenvalue weighted by atomic mass is 79.9. The maximum absolute atomic E-state index is 6.06. The van der Waals surface area contributed by atoms with Gasteiger partial charge >= 0.3 is 0 Å². The predicted molar refractivity (Wildman–Crippen MR) is 72.9 cm³/mol. The number of thiophene rings is 1. The van der Waals surface area contributed by atoms with E-state index in [0.29, 0.717) is 10.5 Å².